The minimum Gasteiger partial charge on any atom is -0.347 e. The first-order chi connectivity index (χ1) is 9.47. The van der Waals surface area contributed by atoms with Crippen molar-refractivity contribution < 1.29 is 0 Å². The van der Waals surface area contributed by atoms with Crippen molar-refractivity contribution in [3.05, 3.63) is 0 Å². The third kappa shape index (κ3) is 4.78. The van der Waals surface area contributed by atoms with Crippen LogP contribution in [0.1, 0.15) is 13.3 Å². The molecule has 1 rings (SSSR count). The second kappa shape index (κ2) is 7.81. The highest BCUT2D eigenvalue weighted by Gasteiger charge is 2.13. The monoisotopic (exact) mass is 282 g/mol. The number of hydrazine groups is 1. The van der Waals surface area contributed by atoms with Crippen molar-refractivity contribution in [1.82, 2.24) is 19.9 Å². The molecule has 0 spiro atoms. The van der Waals surface area contributed by atoms with Crippen molar-refractivity contribution in [3.8, 4) is 0 Å². The van der Waals surface area contributed by atoms with Crippen molar-refractivity contribution in [1.29, 1.82) is 0 Å². The maximum atomic E-state index is 5.42. The van der Waals surface area contributed by atoms with Gasteiger partial charge in [0, 0.05) is 27.2 Å². The molecule has 20 heavy (non-hydrogen) atoms. The van der Waals surface area contributed by atoms with Crippen LogP contribution in [-0.2, 0) is 0 Å². The lowest BCUT2D eigenvalue weighted by Gasteiger charge is -2.23. The Hall–Kier alpha value is -1.67. The van der Waals surface area contributed by atoms with Gasteiger partial charge in [0.1, 0.15) is 0 Å². The van der Waals surface area contributed by atoms with E-state index in [9.17, 15) is 0 Å². The molecule has 8 nitrogen and oxygen atoms in total. The van der Waals surface area contributed by atoms with E-state index in [1.54, 1.807) is 0 Å². The molecule has 8 heteroatoms. The summed E-state index contributed by atoms with van der Waals surface area (Å²) in [6.45, 7) is 4.86. The summed E-state index contributed by atoms with van der Waals surface area (Å²) in [6.07, 6.45) is 1.05. The van der Waals surface area contributed by atoms with Gasteiger partial charge < -0.3 is 14.7 Å². The van der Waals surface area contributed by atoms with Crippen LogP contribution in [0.5, 0.6) is 0 Å². The van der Waals surface area contributed by atoms with Crippen LogP contribution < -0.4 is 21.1 Å². The van der Waals surface area contributed by atoms with Gasteiger partial charge in [-0.3, -0.25) is 5.43 Å². The van der Waals surface area contributed by atoms with Crippen LogP contribution in [-0.4, -0.2) is 67.7 Å². The van der Waals surface area contributed by atoms with Gasteiger partial charge in [0.15, 0.2) is 0 Å². The van der Waals surface area contributed by atoms with Crippen molar-refractivity contribution in [2.45, 2.75) is 13.3 Å². The van der Waals surface area contributed by atoms with Gasteiger partial charge in [-0.1, -0.05) is 0 Å². The molecule has 0 aliphatic rings. The Morgan fingerprint density at radius 2 is 1.65 bits per heavy atom. The van der Waals surface area contributed by atoms with Crippen LogP contribution >= 0.6 is 0 Å². The highest BCUT2D eigenvalue weighted by molar-refractivity contribution is 5.43. The summed E-state index contributed by atoms with van der Waals surface area (Å²) in [7, 11) is 7.92. The first kappa shape index (κ1) is 16.4. The van der Waals surface area contributed by atoms with Gasteiger partial charge in [0.05, 0.1) is 0 Å². The van der Waals surface area contributed by atoms with E-state index in [4.69, 9.17) is 5.84 Å². The van der Waals surface area contributed by atoms with Gasteiger partial charge in [-0.05, 0) is 34.0 Å². The number of nitrogens with zero attached hydrogens (tertiary/aromatic N) is 6. The first-order valence-electron chi connectivity index (χ1n) is 6.77. The summed E-state index contributed by atoms with van der Waals surface area (Å²) in [5.74, 6) is 7.04. The van der Waals surface area contributed by atoms with Gasteiger partial charge in [-0.25, -0.2) is 5.84 Å². The molecule has 0 aliphatic carbocycles. The standard InChI is InChI=1S/C12H26N8/c1-6-20(9-7-8-18(2)3)12-15-10(17-13)14-11(16-12)19(4)5/h6-9,13H2,1-5H3,(H,14,15,16,17). The van der Waals surface area contributed by atoms with Crippen LogP contribution in [0, 0.1) is 0 Å². The summed E-state index contributed by atoms with van der Waals surface area (Å²) >= 11 is 0. The van der Waals surface area contributed by atoms with E-state index in [0.717, 1.165) is 26.1 Å². The number of aromatic nitrogens is 3. The van der Waals surface area contributed by atoms with Crippen LogP contribution in [0.25, 0.3) is 0 Å². The zero-order valence-corrected chi connectivity index (χ0v) is 13.1. The van der Waals surface area contributed by atoms with Gasteiger partial charge in [0.25, 0.3) is 0 Å². The molecule has 0 atom stereocenters. The van der Waals surface area contributed by atoms with Crippen molar-refractivity contribution in [2.75, 3.05) is 63.1 Å². The average molecular weight is 282 g/mol. The first-order valence-corrected chi connectivity index (χ1v) is 6.77. The van der Waals surface area contributed by atoms with Crippen molar-refractivity contribution in [3.63, 3.8) is 0 Å². The van der Waals surface area contributed by atoms with E-state index < -0.39 is 0 Å². The molecular weight excluding hydrogens is 256 g/mol. The lowest BCUT2D eigenvalue weighted by Crippen LogP contribution is -2.30. The van der Waals surface area contributed by atoms with Crippen molar-refractivity contribution >= 4 is 17.8 Å². The molecule has 0 radical (unpaired) electrons. The predicted octanol–water partition coefficient (Wildman–Crippen LogP) is 0.00120. The number of hydrogen-bond donors (Lipinski definition) is 2. The van der Waals surface area contributed by atoms with Crippen LogP contribution in [0.3, 0.4) is 0 Å². The molecular formula is C12H26N8. The fraction of sp³-hybridized carbons (Fsp3) is 0.750. The summed E-state index contributed by atoms with van der Waals surface area (Å²) < 4.78 is 0. The highest BCUT2D eigenvalue weighted by Crippen LogP contribution is 2.14. The fourth-order valence-corrected chi connectivity index (χ4v) is 1.74. The number of nitrogens with one attached hydrogen (secondary N) is 1. The van der Waals surface area contributed by atoms with E-state index in [1.807, 2.05) is 19.0 Å². The smallest absolute Gasteiger partial charge is 0.243 e. The number of nitrogens with two attached hydrogens (primary N) is 1. The second-order valence-electron chi connectivity index (χ2n) is 5.03. The normalized spacial score (nSPS) is 10.8. The van der Waals surface area contributed by atoms with E-state index in [0.29, 0.717) is 17.8 Å². The largest absolute Gasteiger partial charge is 0.347 e. The molecule has 0 aromatic carbocycles. The molecule has 114 valence electrons. The van der Waals surface area contributed by atoms with Crippen molar-refractivity contribution in [2.24, 2.45) is 5.84 Å². The quantitative estimate of drug-likeness (QED) is 0.509. The predicted molar refractivity (Wildman–Crippen MR) is 83.0 cm³/mol. The molecule has 1 aromatic heterocycles. The third-order valence-corrected chi connectivity index (χ3v) is 2.84. The van der Waals surface area contributed by atoms with Gasteiger partial charge in [-0.2, -0.15) is 15.0 Å². The Morgan fingerprint density at radius 1 is 1.00 bits per heavy atom. The molecule has 0 saturated carbocycles. The van der Waals surface area contributed by atoms with Crippen LogP contribution in [0.2, 0.25) is 0 Å². The Kier molecular flexibility index (Phi) is 6.40. The Balaban J connectivity index is 2.87. The third-order valence-electron chi connectivity index (χ3n) is 2.84. The fourth-order valence-electron chi connectivity index (χ4n) is 1.74. The van der Waals surface area contributed by atoms with E-state index >= 15 is 0 Å². The van der Waals surface area contributed by atoms with E-state index in [-0.39, 0.29) is 0 Å². The zero-order chi connectivity index (χ0) is 15.1. The maximum Gasteiger partial charge on any atom is 0.243 e. The summed E-state index contributed by atoms with van der Waals surface area (Å²) in [5.41, 5.74) is 2.49. The minimum atomic E-state index is 0.379. The molecule has 1 heterocycles. The number of hydrogen-bond acceptors (Lipinski definition) is 8. The molecule has 0 bridgehead atoms. The Bertz CT molecular complexity index is 406. The lowest BCUT2D eigenvalue weighted by atomic mass is 10.3. The molecule has 1 aromatic rings. The van der Waals surface area contributed by atoms with E-state index in [1.165, 1.54) is 0 Å². The molecule has 0 saturated heterocycles. The van der Waals surface area contributed by atoms with E-state index in [2.05, 4.69) is 51.2 Å². The summed E-state index contributed by atoms with van der Waals surface area (Å²) in [4.78, 5) is 19.1. The number of anilines is 3. The lowest BCUT2D eigenvalue weighted by molar-refractivity contribution is 0.400. The molecule has 0 aliphatic heterocycles. The second-order valence-corrected chi connectivity index (χ2v) is 5.03. The van der Waals surface area contributed by atoms with Gasteiger partial charge in [-0.15, -0.1) is 0 Å². The Morgan fingerprint density at radius 3 is 2.15 bits per heavy atom. The SMILES string of the molecule is CCN(CCCN(C)C)c1nc(NN)nc(N(C)C)n1. The topological polar surface area (TPSA) is 86.4 Å². The molecule has 3 N–H and O–H groups in total. The van der Waals surface area contributed by atoms with Crippen LogP contribution in [0.4, 0.5) is 17.8 Å². The summed E-state index contributed by atoms with van der Waals surface area (Å²) in [6, 6.07) is 0. The number of rotatable bonds is 8. The molecule has 0 unspecified atom stereocenters. The van der Waals surface area contributed by atoms with Gasteiger partial charge in [0.2, 0.25) is 17.8 Å². The molecule has 0 amide bonds. The number of nitrogen functional groups attached to an aromatic ring is 1. The molecule has 0 fully saturated rings. The highest BCUT2D eigenvalue weighted by atomic mass is 15.4. The zero-order valence-electron chi connectivity index (χ0n) is 13.1. The van der Waals surface area contributed by atoms with Crippen LogP contribution in [0.15, 0.2) is 0 Å². The minimum absolute atomic E-state index is 0.379. The summed E-state index contributed by atoms with van der Waals surface area (Å²) in [5, 5.41) is 0. The van der Waals surface area contributed by atoms with Gasteiger partial charge >= 0.3 is 0 Å². The Labute approximate surface area is 121 Å². The average Bonchev–Trinajstić information content (AvgIpc) is 2.42. The maximum absolute atomic E-state index is 5.42.